The molecule has 0 aromatic heterocycles. The first-order chi connectivity index (χ1) is 17.4. The van der Waals surface area contributed by atoms with Gasteiger partial charge in [-0.3, -0.25) is 9.69 Å². The molecule has 36 heavy (non-hydrogen) atoms. The summed E-state index contributed by atoms with van der Waals surface area (Å²) in [5.74, 6) is 0.956. The van der Waals surface area contributed by atoms with Gasteiger partial charge in [0.15, 0.2) is 0 Å². The van der Waals surface area contributed by atoms with Gasteiger partial charge in [-0.25, -0.2) is 0 Å². The SMILES string of the molecule is CC(C)NC(=O)CN1CCN(CCCCCOc2ccc(/C(=C/C#N)c3ccc(Cl)cc3)cc2)CC1. The van der Waals surface area contributed by atoms with E-state index in [0.29, 0.717) is 18.2 Å². The van der Waals surface area contributed by atoms with Crippen LogP contribution in [0.3, 0.4) is 0 Å². The van der Waals surface area contributed by atoms with Crippen molar-refractivity contribution in [3.8, 4) is 11.8 Å². The molecule has 1 aliphatic rings. The normalized spacial score (nSPS) is 15.0. The van der Waals surface area contributed by atoms with Gasteiger partial charge < -0.3 is 15.0 Å². The molecule has 192 valence electrons. The lowest BCUT2D eigenvalue weighted by molar-refractivity contribution is -0.123. The monoisotopic (exact) mass is 508 g/mol. The third-order valence-electron chi connectivity index (χ3n) is 6.20. The number of unbranched alkanes of at least 4 members (excludes halogenated alkanes) is 2. The molecule has 2 aromatic rings. The fourth-order valence-corrected chi connectivity index (χ4v) is 4.43. The van der Waals surface area contributed by atoms with Crippen molar-refractivity contribution in [1.29, 1.82) is 5.26 Å². The van der Waals surface area contributed by atoms with Crippen molar-refractivity contribution in [2.45, 2.75) is 39.2 Å². The van der Waals surface area contributed by atoms with Crippen LogP contribution in [0, 0.1) is 11.3 Å². The van der Waals surface area contributed by atoms with E-state index in [1.54, 1.807) is 6.08 Å². The van der Waals surface area contributed by atoms with Gasteiger partial charge >= 0.3 is 0 Å². The van der Waals surface area contributed by atoms with Gasteiger partial charge in [0.25, 0.3) is 0 Å². The molecule has 0 radical (unpaired) electrons. The van der Waals surface area contributed by atoms with Gasteiger partial charge in [-0.2, -0.15) is 5.26 Å². The van der Waals surface area contributed by atoms with Crippen LogP contribution in [0.5, 0.6) is 5.75 Å². The minimum absolute atomic E-state index is 0.119. The number of ether oxygens (including phenoxy) is 1. The molecule has 6 nitrogen and oxygen atoms in total. The molecule has 0 bridgehead atoms. The minimum Gasteiger partial charge on any atom is -0.494 e. The number of piperazine rings is 1. The number of hydrogen-bond acceptors (Lipinski definition) is 5. The molecule has 0 atom stereocenters. The molecule has 0 aliphatic carbocycles. The number of carbonyl (C=O) groups excluding carboxylic acids is 1. The number of nitrogens with one attached hydrogen (secondary N) is 1. The van der Waals surface area contributed by atoms with Gasteiger partial charge in [-0.15, -0.1) is 0 Å². The van der Waals surface area contributed by atoms with Crippen molar-refractivity contribution >= 4 is 23.1 Å². The summed E-state index contributed by atoms with van der Waals surface area (Å²) in [5.41, 5.74) is 2.78. The van der Waals surface area contributed by atoms with Crippen molar-refractivity contribution < 1.29 is 9.53 Å². The molecule has 1 aliphatic heterocycles. The average Bonchev–Trinajstić information content (AvgIpc) is 2.86. The van der Waals surface area contributed by atoms with Gasteiger partial charge in [-0.05, 0) is 80.6 Å². The second-order valence-corrected chi connectivity index (χ2v) is 9.90. The first-order valence-electron chi connectivity index (χ1n) is 12.8. The number of nitrogens with zero attached hydrogens (tertiary/aromatic N) is 3. The summed E-state index contributed by atoms with van der Waals surface area (Å²) in [4.78, 5) is 16.7. The maximum Gasteiger partial charge on any atom is 0.234 e. The highest BCUT2D eigenvalue weighted by Crippen LogP contribution is 2.26. The van der Waals surface area contributed by atoms with Crippen molar-refractivity contribution in [3.05, 3.63) is 70.8 Å². The Bertz CT molecular complexity index is 1020. The van der Waals surface area contributed by atoms with Crippen molar-refractivity contribution in [2.24, 2.45) is 0 Å². The molecule has 1 N–H and O–H groups in total. The standard InChI is InChI=1S/C29H37ClN4O2/c1-23(2)32-29(35)22-34-19-17-33(18-20-34)16-4-3-5-21-36-27-12-8-25(9-13-27)28(14-15-31)24-6-10-26(30)11-7-24/h6-14,23H,3-5,16-22H2,1-2H3,(H,32,35)/b28-14+. The number of nitriles is 1. The van der Waals surface area contributed by atoms with Gasteiger partial charge in [0, 0.05) is 43.3 Å². The lowest BCUT2D eigenvalue weighted by atomic mass is 9.98. The average molecular weight is 509 g/mol. The lowest BCUT2D eigenvalue weighted by Crippen LogP contribution is -2.50. The molecule has 1 saturated heterocycles. The zero-order valence-corrected chi connectivity index (χ0v) is 22.1. The second-order valence-electron chi connectivity index (χ2n) is 9.47. The van der Waals surface area contributed by atoms with E-state index in [-0.39, 0.29) is 11.9 Å². The molecular formula is C29H37ClN4O2. The molecule has 0 spiro atoms. The zero-order chi connectivity index (χ0) is 25.8. The third-order valence-corrected chi connectivity index (χ3v) is 6.45. The molecule has 2 aromatic carbocycles. The number of halogens is 1. The van der Waals surface area contributed by atoms with Gasteiger partial charge in [0.2, 0.25) is 5.91 Å². The van der Waals surface area contributed by atoms with Gasteiger partial charge in [0.1, 0.15) is 5.75 Å². The van der Waals surface area contributed by atoms with Crippen molar-refractivity contribution in [1.82, 2.24) is 15.1 Å². The predicted molar refractivity (Wildman–Crippen MR) is 146 cm³/mol. The summed E-state index contributed by atoms with van der Waals surface area (Å²) in [7, 11) is 0. The fraction of sp³-hybridized carbons (Fsp3) is 0.448. The Balaban J connectivity index is 1.32. The Kier molecular flexibility index (Phi) is 11.3. The summed E-state index contributed by atoms with van der Waals surface area (Å²) in [6, 6.07) is 17.7. The maximum atomic E-state index is 11.9. The van der Waals surface area contributed by atoms with E-state index in [2.05, 4.69) is 21.2 Å². The molecule has 1 fully saturated rings. The highest BCUT2D eigenvalue weighted by Gasteiger charge is 2.18. The van der Waals surface area contributed by atoms with Crippen LogP contribution in [-0.2, 0) is 4.79 Å². The number of carbonyl (C=O) groups is 1. The summed E-state index contributed by atoms with van der Waals surface area (Å²) in [5, 5.41) is 12.8. The van der Waals surface area contributed by atoms with E-state index < -0.39 is 0 Å². The first-order valence-corrected chi connectivity index (χ1v) is 13.2. The van der Waals surface area contributed by atoms with Gasteiger partial charge in [-0.1, -0.05) is 35.9 Å². The van der Waals surface area contributed by atoms with E-state index in [1.165, 1.54) is 0 Å². The first kappa shape index (κ1) is 27.7. The van der Waals surface area contributed by atoms with Crippen LogP contribution in [0.15, 0.2) is 54.6 Å². The number of hydrogen-bond donors (Lipinski definition) is 1. The van der Waals surface area contributed by atoms with Crippen LogP contribution in [0.1, 0.15) is 44.2 Å². The van der Waals surface area contributed by atoms with Crippen LogP contribution < -0.4 is 10.1 Å². The van der Waals surface area contributed by atoms with Crippen molar-refractivity contribution in [2.75, 3.05) is 45.9 Å². The third kappa shape index (κ3) is 9.31. The minimum atomic E-state index is 0.119. The second kappa shape index (κ2) is 14.6. The predicted octanol–water partition coefficient (Wildman–Crippen LogP) is 4.99. The Hall–Kier alpha value is -2.85. The van der Waals surface area contributed by atoms with E-state index in [1.807, 2.05) is 62.4 Å². The molecule has 0 unspecified atom stereocenters. The fourth-order valence-electron chi connectivity index (χ4n) is 4.30. The van der Waals surface area contributed by atoms with E-state index in [4.69, 9.17) is 16.3 Å². The van der Waals surface area contributed by atoms with Crippen LogP contribution >= 0.6 is 11.6 Å². The lowest BCUT2D eigenvalue weighted by Gasteiger charge is -2.34. The van der Waals surface area contributed by atoms with Crippen LogP contribution in [-0.4, -0.2) is 67.6 Å². The summed E-state index contributed by atoms with van der Waals surface area (Å²) >= 11 is 6.00. The topological polar surface area (TPSA) is 68.6 Å². The Morgan fingerprint density at radius 3 is 2.22 bits per heavy atom. The number of rotatable bonds is 12. The van der Waals surface area contributed by atoms with Crippen LogP contribution in [0.25, 0.3) is 5.57 Å². The highest BCUT2D eigenvalue weighted by molar-refractivity contribution is 6.30. The quantitative estimate of drug-likeness (QED) is 0.323. The number of amides is 1. The highest BCUT2D eigenvalue weighted by atomic mass is 35.5. The molecule has 3 rings (SSSR count). The number of allylic oxidation sites excluding steroid dienone is 1. The Morgan fingerprint density at radius 2 is 1.61 bits per heavy atom. The number of benzene rings is 2. The molecule has 1 amide bonds. The molecule has 7 heteroatoms. The van der Waals surface area contributed by atoms with E-state index in [0.717, 1.165) is 74.4 Å². The Labute approximate surface area is 220 Å². The largest absolute Gasteiger partial charge is 0.494 e. The van der Waals surface area contributed by atoms with Gasteiger partial charge in [0.05, 0.1) is 19.2 Å². The van der Waals surface area contributed by atoms with Crippen LogP contribution in [0.2, 0.25) is 5.02 Å². The Morgan fingerprint density at radius 1 is 1.00 bits per heavy atom. The smallest absolute Gasteiger partial charge is 0.234 e. The summed E-state index contributed by atoms with van der Waals surface area (Å²) in [6.45, 7) is 10.2. The summed E-state index contributed by atoms with van der Waals surface area (Å²) < 4.78 is 5.93. The zero-order valence-electron chi connectivity index (χ0n) is 21.4. The van der Waals surface area contributed by atoms with Crippen molar-refractivity contribution in [3.63, 3.8) is 0 Å². The molecule has 0 saturated carbocycles. The molecular weight excluding hydrogens is 472 g/mol. The summed E-state index contributed by atoms with van der Waals surface area (Å²) in [6.07, 6.45) is 4.85. The van der Waals surface area contributed by atoms with Crippen LogP contribution in [0.4, 0.5) is 0 Å². The van der Waals surface area contributed by atoms with E-state index in [9.17, 15) is 10.1 Å². The maximum absolute atomic E-state index is 11.9. The van der Waals surface area contributed by atoms with E-state index >= 15 is 0 Å². The molecule has 1 heterocycles.